The molecule has 0 radical (unpaired) electrons. The summed E-state index contributed by atoms with van der Waals surface area (Å²) in [4.78, 5) is 9.75. The number of nitrogens with one attached hydrogen (secondary N) is 1. The molecule has 0 aliphatic rings. The monoisotopic (exact) mass is 171 g/mol. The van der Waals surface area contributed by atoms with Gasteiger partial charge >= 0.3 is 51.4 Å². The van der Waals surface area contributed by atoms with E-state index in [4.69, 9.17) is 5.11 Å². The van der Waals surface area contributed by atoms with Crippen LogP contribution in [-0.2, 0) is 4.79 Å². The Balaban J connectivity index is 0. The molecule has 0 saturated carbocycles. The second-order valence-corrected chi connectivity index (χ2v) is 1.60. The van der Waals surface area contributed by atoms with Gasteiger partial charge in [0.25, 0.3) is 0 Å². The number of carboxylic acid groups (broad SMARTS) is 1. The van der Waals surface area contributed by atoms with Gasteiger partial charge in [0.05, 0.1) is 6.61 Å². The van der Waals surface area contributed by atoms with Crippen molar-refractivity contribution in [3.63, 3.8) is 0 Å². The molecule has 4 nitrogen and oxygen atoms in total. The normalized spacial score (nSPS) is 8.50. The molecular weight excluding hydrogens is 161 g/mol. The summed E-state index contributed by atoms with van der Waals surface area (Å²) < 4.78 is 0. The minimum absolute atomic E-state index is 0. The molecule has 5 heteroatoms. The summed E-state index contributed by atoms with van der Waals surface area (Å²) in [6.07, 6.45) is -0.000000000000000222. The van der Waals surface area contributed by atoms with Crippen LogP contribution in [-0.4, -0.2) is 30.8 Å². The van der Waals surface area contributed by atoms with E-state index in [2.05, 4.69) is 5.32 Å². The first-order valence-corrected chi connectivity index (χ1v) is 2.79. The molecule has 0 unspecified atom stereocenters. The maximum absolute atomic E-state index is 9.75. The van der Waals surface area contributed by atoms with Crippen molar-refractivity contribution in [2.24, 2.45) is 0 Å². The maximum atomic E-state index is 9.75. The molecule has 0 aromatic carbocycles. The van der Waals surface area contributed by atoms with Gasteiger partial charge in [-0.25, -0.2) is 0 Å². The summed E-state index contributed by atoms with van der Waals surface area (Å²) in [5.74, 6) is -1.07. The van der Waals surface area contributed by atoms with Crippen molar-refractivity contribution < 1.29 is 66.4 Å². The van der Waals surface area contributed by atoms with Crippen LogP contribution in [0, 0.1) is 0 Å². The van der Waals surface area contributed by atoms with Crippen molar-refractivity contribution >= 4 is 5.97 Å². The summed E-state index contributed by atoms with van der Waals surface area (Å²) in [7, 11) is 0. The van der Waals surface area contributed by atoms with Gasteiger partial charge in [-0.2, -0.15) is 0 Å². The third kappa shape index (κ3) is 11.8. The van der Waals surface area contributed by atoms with Gasteiger partial charge in [0.15, 0.2) is 0 Å². The number of rotatable bonds is 5. The van der Waals surface area contributed by atoms with Crippen molar-refractivity contribution in [1.82, 2.24) is 5.32 Å². The molecule has 0 atom stereocenters. The molecule has 0 rings (SSSR count). The van der Waals surface area contributed by atoms with Gasteiger partial charge in [-0.1, -0.05) is 0 Å². The van der Waals surface area contributed by atoms with Crippen molar-refractivity contribution in [3.05, 3.63) is 0 Å². The van der Waals surface area contributed by atoms with Gasteiger partial charge < -0.3 is 20.3 Å². The largest absolute Gasteiger partial charge is 1.00 e. The van der Waals surface area contributed by atoms with E-state index in [1.807, 2.05) is 0 Å². The molecule has 0 heterocycles. The Bertz CT molecular complexity index is 89.0. The SMILES string of the molecule is O=C([O-])CCNCCO.[K+]. The van der Waals surface area contributed by atoms with Crippen molar-refractivity contribution in [2.45, 2.75) is 6.42 Å². The Morgan fingerprint density at radius 1 is 1.50 bits per heavy atom. The van der Waals surface area contributed by atoms with Crippen LogP contribution in [0.5, 0.6) is 0 Å². The van der Waals surface area contributed by atoms with Crippen LogP contribution in [0.1, 0.15) is 6.42 Å². The average molecular weight is 171 g/mol. The van der Waals surface area contributed by atoms with Crippen LogP contribution in [0.2, 0.25) is 0 Å². The topological polar surface area (TPSA) is 72.4 Å². The van der Waals surface area contributed by atoms with Crippen LogP contribution in [0.25, 0.3) is 0 Å². The van der Waals surface area contributed by atoms with Crippen LogP contribution >= 0.6 is 0 Å². The fourth-order valence-electron chi connectivity index (χ4n) is 0.395. The Kier molecular flexibility index (Phi) is 13.6. The summed E-state index contributed by atoms with van der Waals surface area (Å²) in [6, 6.07) is 0. The molecule has 2 N–H and O–H groups in total. The van der Waals surface area contributed by atoms with Gasteiger partial charge in [-0.3, -0.25) is 0 Å². The first-order valence-electron chi connectivity index (χ1n) is 2.79. The third-order valence-corrected chi connectivity index (χ3v) is 0.794. The van der Waals surface area contributed by atoms with E-state index in [0.717, 1.165) is 0 Å². The number of carbonyl (C=O) groups is 1. The van der Waals surface area contributed by atoms with Crippen LogP contribution in [0.15, 0.2) is 0 Å². The number of aliphatic hydroxyl groups is 1. The van der Waals surface area contributed by atoms with E-state index >= 15 is 0 Å². The van der Waals surface area contributed by atoms with E-state index in [0.29, 0.717) is 13.1 Å². The first kappa shape index (κ1) is 13.6. The number of carbonyl (C=O) groups excluding carboxylic acids is 1. The second-order valence-electron chi connectivity index (χ2n) is 1.60. The molecule has 0 aliphatic carbocycles. The van der Waals surface area contributed by atoms with Crippen LogP contribution in [0.3, 0.4) is 0 Å². The van der Waals surface area contributed by atoms with Crippen molar-refractivity contribution in [2.75, 3.05) is 19.7 Å². The Morgan fingerprint density at radius 2 is 2.10 bits per heavy atom. The number of aliphatic carboxylic acids is 1. The molecule has 0 saturated heterocycles. The Morgan fingerprint density at radius 3 is 2.50 bits per heavy atom. The van der Waals surface area contributed by atoms with Gasteiger partial charge in [-0.15, -0.1) is 0 Å². The quantitative estimate of drug-likeness (QED) is 0.320. The van der Waals surface area contributed by atoms with E-state index in [1.165, 1.54) is 0 Å². The van der Waals surface area contributed by atoms with E-state index < -0.39 is 5.97 Å². The van der Waals surface area contributed by atoms with Gasteiger partial charge in [0, 0.05) is 19.1 Å². The smallest absolute Gasteiger partial charge is 0.550 e. The minimum Gasteiger partial charge on any atom is -0.550 e. The number of aliphatic hydroxyl groups excluding tert-OH is 1. The van der Waals surface area contributed by atoms with Crippen molar-refractivity contribution in [3.8, 4) is 0 Å². The second kappa shape index (κ2) is 10.0. The Labute approximate surface area is 102 Å². The fraction of sp³-hybridized carbons (Fsp3) is 0.800. The van der Waals surface area contributed by atoms with Crippen molar-refractivity contribution in [1.29, 1.82) is 0 Å². The predicted molar refractivity (Wildman–Crippen MR) is 29.6 cm³/mol. The summed E-state index contributed by atoms with van der Waals surface area (Å²) in [6.45, 7) is 0.837. The van der Waals surface area contributed by atoms with Gasteiger partial charge in [0.2, 0.25) is 0 Å². The molecule has 54 valence electrons. The zero-order chi connectivity index (χ0) is 7.11. The van der Waals surface area contributed by atoms with Crippen LogP contribution < -0.4 is 61.8 Å². The first-order chi connectivity index (χ1) is 4.27. The zero-order valence-electron chi connectivity index (χ0n) is 6.09. The van der Waals surface area contributed by atoms with E-state index in [1.54, 1.807) is 0 Å². The standard InChI is InChI=1S/C5H11NO3.K/c7-4-3-6-2-1-5(8)9;/h6-7H,1-4H2,(H,8,9);/q;+1/p-1. The molecule has 0 amide bonds. The molecule has 0 aromatic heterocycles. The minimum atomic E-state index is -1.07. The van der Waals surface area contributed by atoms with Gasteiger partial charge in [-0.05, 0) is 6.42 Å². The average Bonchev–Trinajstić information content (AvgIpc) is 1.80. The molecule has 0 aliphatic heterocycles. The zero-order valence-corrected chi connectivity index (χ0v) is 9.22. The number of carboxylic acids is 1. The predicted octanol–water partition coefficient (Wildman–Crippen LogP) is -5.29. The number of hydrogen-bond donors (Lipinski definition) is 2. The summed E-state index contributed by atoms with van der Waals surface area (Å²) in [5.41, 5.74) is 0. The summed E-state index contributed by atoms with van der Waals surface area (Å²) in [5, 5.41) is 20.7. The van der Waals surface area contributed by atoms with E-state index in [-0.39, 0.29) is 64.4 Å². The Hall–Kier alpha value is 1.03. The number of hydrogen-bond acceptors (Lipinski definition) is 4. The molecule has 0 bridgehead atoms. The molecule has 0 aromatic rings. The molecular formula is C5H10KNO3. The fourth-order valence-corrected chi connectivity index (χ4v) is 0.395. The molecule has 0 spiro atoms. The summed E-state index contributed by atoms with van der Waals surface area (Å²) >= 11 is 0. The molecule has 10 heavy (non-hydrogen) atoms. The van der Waals surface area contributed by atoms with Crippen LogP contribution in [0.4, 0.5) is 0 Å². The third-order valence-electron chi connectivity index (χ3n) is 0.794. The van der Waals surface area contributed by atoms with E-state index in [9.17, 15) is 9.90 Å². The molecule has 0 fully saturated rings. The maximum Gasteiger partial charge on any atom is 1.00 e. The van der Waals surface area contributed by atoms with Gasteiger partial charge in [0.1, 0.15) is 0 Å².